The van der Waals surface area contributed by atoms with Crippen molar-refractivity contribution in [3.8, 4) is 0 Å². The lowest BCUT2D eigenvalue weighted by Gasteiger charge is -2.30. The number of nitrogens with zero attached hydrogens (tertiary/aromatic N) is 2. The first-order valence-electron chi connectivity index (χ1n) is 7.22. The van der Waals surface area contributed by atoms with Gasteiger partial charge in [-0.15, -0.1) is 0 Å². The van der Waals surface area contributed by atoms with Crippen LogP contribution in [0.5, 0.6) is 0 Å². The van der Waals surface area contributed by atoms with Crippen LogP contribution in [0.2, 0.25) is 0 Å². The van der Waals surface area contributed by atoms with Gasteiger partial charge < -0.3 is 10.0 Å². The Morgan fingerprint density at radius 2 is 1.85 bits per heavy atom. The van der Waals surface area contributed by atoms with Gasteiger partial charge in [0.15, 0.2) is 0 Å². The average molecular weight is 278 g/mol. The molecule has 0 aliphatic heterocycles. The van der Waals surface area contributed by atoms with Gasteiger partial charge in [0, 0.05) is 18.8 Å². The van der Waals surface area contributed by atoms with Crippen LogP contribution >= 0.6 is 0 Å². The molecule has 112 valence electrons. The molecule has 2 unspecified atom stereocenters. The maximum absolute atomic E-state index is 12.6. The predicted molar refractivity (Wildman–Crippen MR) is 82.9 cm³/mol. The first kappa shape index (κ1) is 16.7. The van der Waals surface area contributed by atoms with Gasteiger partial charge in [-0.1, -0.05) is 18.2 Å². The van der Waals surface area contributed by atoms with E-state index in [0.717, 1.165) is 5.69 Å². The molecule has 0 heterocycles. The summed E-state index contributed by atoms with van der Waals surface area (Å²) < 4.78 is 0. The van der Waals surface area contributed by atoms with Gasteiger partial charge in [-0.3, -0.25) is 9.69 Å². The lowest BCUT2D eigenvalue weighted by molar-refractivity contribution is -0.122. The summed E-state index contributed by atoms with van der Waals surface area (Å²) in [4.78, 5) is 16.4. The number of aliphatic hydroxyl groups is 1. The quantitative estimate of drug-likeness (QED) is 0.831. The summed E-state index contributed by atoms with van der Waals surface area (Å²) in [6, 6.07) is 9.52. The van der Waals surface area contributed by atoms with E-state index in [1.54, 1.807) is 11.8 Å². The second kappa shape index (κ2) is 8.02. The van der Waals surface area contributed by atoms with E-state index in [0.29, 0.717) is 19.5 Å². The lowest BCUT2D eigenvalue weighted by Crippen LogP contribution is -2.46. The summed E-state index contributed by atoms with van der Waals surface area (Å²) in [6.07, 6.45) is 0.335. The molecule has 0 spiro atoms. The van der Waals surface area contributed by atoms with Crippen LogP contribution in [0.25, 0.3) is 0 Å². The van der Waals surface area contributed by atoms with Gasteiger partial charge in [0.2, 0.25) is 5.91 Å². The smallest absolute Gasteiger partial charge is 0.244 e. The fourth-order valence-electron chi connectivity index (χ4n) is 2.07. The van der Waals surface area contributed by atoms with E-state index in [1.165, 1.54) is 0 Å². The van der Waals surface area contributed by atoms with E-state index in [-0.39, 0.29) is 18.1 Å². The summed E-state index contributed by atoms with van der Waals surface area (Å²) in [5, 5.41) is 9.33. The van der Waals surface area contributed by atoms with E-state index in [1.807, 2.05) is 56.1 Å². The molecule has 4 nitrogen and oxygen atoms in total. The predicted octanol–water partition coefficient (Wildman–Crippen LogP) is 2.13. The molecule has 0 bridgehead atoms. The fourth-order valence-corrected chi connectivity index (χ4v) is 2.07. The highest BCUT2D eigenvalue weighted by Crippen LogP contribution is 2.15. The van der Waals surface area contributed by atoms with Gasteiger partial charge in [0.25, 0.3) is 0 Å². The second-order valence-corrected chi connectivity index (χ2v) is 5.21. The van der Waals surface area contributed by atoms with Crippen molar-refractivity contribution in [2.24, 2.45) is 0 Å². The number of carbonyl (C=O) groups excluding carboxylic acids is 1. The maximum Gasteiger partial charge on any atom is 0.244 e. The maximum atomic E-state index is 12.6. The molecule has 0 saturated heterocycles. The molecule has 1 amide bonds. The number of para-hydroxylation sites is 1. The molecule has 1 aromatic carbocycles. The van der Waals surface area contributed by atoms with Gasteiger partial charge in [-0.2, -0.15) is 0 Å². The highest BCUT2D eigenvalue weighted by atomic mass is 16.3. The minimum atomic E-state index is -0.337. The highest BCUT2D eigenvalue weighted by Gasteiger charge is 2.23. The Morgan fingerprint density at radius 3 is 2.35 bits per heavy atom. The molecule has 20 heavy (non-hydrogen) atoms. The third-order valence-electron chi connectivity index (χ3n) is 3.57. The van der Waals surface area contributed by atoms with Crippen molar-refractivity contribution >= 4 is 11.6 Å². The van der Waals surface area contributed by atoms with Crippen molar-refractivity contribution < 1.29 is 9.90 Å². The largest absolute Gasteiger partial charge is 0.393 e. The summed E-state index contributed by atoms with van der Waals surface area (Å²) in [6.45, 7) is 7.01. The second-order valence-electron chi connectivity index (χ2n) is 5.21. The van der Waals surface area contributed by atoms with Crippen LogP contribution in [0.3, 0.4) is 0 Å². The molecule has 1 rings (SSSR count). The SMILES string of the molecule is CCN(C(=O)C(C)N(C)CCC(C)O)c1ccccc1. The van der Waals surface area contributed by atoms with Crippen molar-refractivity contribution in [2.45, 2.75) is 39.3 Å². The molecule has 1 N–H and O–H groups in total. The zero-order valence-electron chi connectivity index (χ0n) is 12.9. The van der Waals surface area contributed by atoms with E-state index < -0.39 is 0 Å². The van der Waals surface area contributed by atoms with E-state index in [2.05, 4.69) is 0 Å². The van der Waals surface area contributed by atoms with Gasteiger partial charge in [-0.05, 0) is 46.4 Å². The van der Waals surface area contributed by atoms with Crippen LogP contribution in [0.1, 0.15) is 27.2 Å². The number of amides is 1. The van der Waals surface area contributed by atoms with Crippen LogP contribution in [0, 0.1) is 0 Å². The van der Waals surface area contributed by atoms with Crippen molar-refractivity contribution in [3.05, 3.63) is 30.3 Å². The number of aliphatic hydroxyl groups excluding tert-OH is 1. The number of anilines is 1. The summed E-state index contributed by atoms with van der Waals surface area (Å²) in [5.41, 5.74) is 0.927. The molecule has 0 aromatic heterocycles. The van der Waals surface area contributed by atoms with Crippen molar-refractivity contribution in [3.63, 3.8) is 0 Å². The van der Waals surface area contributed by atoms with Crippen LogP contribution in [-0.4, -0.2) is 48.2 Å². The molecule has 1 aromatic rings. The number of likely N-dealkylation sites (N-methyl/N-ethyl adjacent to an activating group) is 2. The van der Waals surface area contributed by atoms with Gasteiger partial charge in [-0.25, -0.2) is 0 Å². The Balaban J connectivity index is 2.71. The topological polar surface area (TPSA) is 43.8 Å². The zero-order chi connectivity index (χ0) is 15.1. The first-order valence-corrected chi connectivity index (χ1v) is 7.22. The number of hydrogen-bond donors (Lipinski definition) is 1. The fraction of sp³-hybridized carbons (Fsp3) is 0.562. The third kappa shape index (κ3) is 4.62. The Morgan fingerprint density at radius 1 is 1.25 bits per heavy atom. The molecule has 0 aliphatic carbocycles. The number of hydrogen-bond acceptors (Lipinski definition) is 3. The average Bonchev–Trinajstić information content (AvgIpc) is 2.45. The van der Waals surface area contributed by atoms with E-state index >= 15 is 0 Å². The van der Waals surface area contributed by atoms with Gasteiger partial charge >= 0.3 is 0 Å². The highest BCUT2D eigenvalue weighted by molar-refractivity contribution is 5.96. The van der Waals surface area contributed by atoms with Crippen molar-refractivity contribution in [2.75, 3.05) is 25.0 Å². The number of carbonyl (C=O) groups is 1. The van der Waals surface area contributed by atoms with Crippen LogP contribution in [0.15, 0.2) is 30.3 Å². The van der Waals surface area contributed by atoms with Crippen molar-refractivity contribution in [1.29, 1.82) is 0 Å². The van der Waals surface area contributed by atoms with E-state index in [4.69, 9.17) is 0 Å². The minimum Gasteiger partial charge on any atom is -0.393 e. The van der Waals surface area contributed by atoms with Crippen LogP contribution < -0.4 is 4.90 Å². The molecule has 0 saturated carbocycles. The Hall–Kier alpha value is -1.39. The summed E-state index contributed by atoms with van der Waals surface area (Å²) in [7, 11) is 1.92. The summed E-state index contributed by atoms with van der Waals surface area (Å²) in [5.74, 6) is 0.0896. The summed E-state index contributed by atoms with van der Waals surface area (Å²) >= 11 is 0. The molecule has 0 aliphatic rings. The third-order valence-corrected chi connectivity index (χ3v) is 3.57. The van der Waals surface area contributed by atoms with E-state index in [9.17, 15) is 9.90 Å². The molecular weight excluding hydrogens is 252 g/mol. The Labute approximate surface area is 122 Å². The normalized spacial score (nSPS) is 14.1. The monoisotopic (exact) mass is 278 g/mol. The number of rotatable bonds is 7. The Kier molecular flexibility index (Phi) is 6.68. The minimum absolute atomic E-state index is 0.0896. The molecule has 0 radical (unpaired) electrons. The standard InChI is InChI=1S/C16H26N2O2/c1-5-18(15-9-7-6-8-10-15)16(20)14(3)17(4)12-11-13(2)19/h6-10,13-14,19H,5,11-12H2,1-4H3. The van der Waals surface area contributed by atoms with Crippen molar-refractivity contribution in [1.82, 2.24) is 4.90 Å². The number of benzene rings is 1. The van der Waals surface area contributed by atoms with Crippen LogP contribution in [-0.2, 0) is 4.79 Å². The molecule has 0 fully saturated rings. The van der Waals surface area contributed by atoms with Gasteiger partial charge in [0.05, 0.1) is 12.1 Å². The molecular formula is C16H26N2O2. The molecule has 2 atom stereocenters. The molecule has 4 heteroatoms. The van der Waals surface area contributed by atoms with Gasteiger partial charge in [0.1, 0.15) is 0 Å². The zero-order valence-corrected chi connectivity index (χ0v) is 12.9. The first-order chi connectivity index (χ1) is 9.47. The van der Waals surface area contributed by atoms with Crippen LogP contribution in [0.4, 0.5) is 5.69 Å². The lowest BCUT2D eigenvalue weighted by atomic mass is 10.2. The Bertz CT molecular complexity index is 406.